The van der Waals surface area contributed by atoms with Crippen LogP contribution in [0.3, 0.4) is 0 Å². The normalized spacial score (nSPS) is 22.2. The first-order valence-corrected chi connectivity index (χ1v) is 6.48. The lowest BCUT2D eigenvalue weighted by Gasteiger charge is -2.43. The molecule has 2 atom stereocenters. The van der Waals surface area contributed by atoms with Crippen LogP contribution in [0, 0.1) is 10.1 Å². The number of carboxylic acid groups (broad SMARTS) is 1. The summed E-state index contributed by atoms with van der Waals surface area (Å²) in [5, 5.41) is 19.9. The van der Waals surface area contributed by atoms with Crippen molar-refractivity contribution in [1.29, 1.82) is 0 Å². The Balaban J connectivity index is 2.22. The van der Waals surface area contributed by atoms with E-state index in [2.05, 4.69) is 4.98 Å². The lowest BCUT2D eigenvalue weighted by Crippen LogP contribution is -2.58. The number of piperazine rings is 1. The molecule has 2 rings (SSSR count). The van der Waals surface area contributed by atoms with Gasteiger partial charge in [-0.05, 0) is 19.9 Å². The van der Waals surface area contributed by atoms with Crippen LogP contribution in [0.5, 0.6) is 0 Å². The van der Waals surface area contributed by atoms with Gasteiger partial charge in [0.25, 0.3) is 0 Å². The summed E-state index contributed by atoms with van der Waals surface area (Å²) in [6, 6.07) is 2.44. The Hall–Kier alpha value is -2.58. The predicted molar refractivity (Wildman–Crippen MR) is 76.3 cm³/mol. The van der Waals surface area contributed by atoms with E-state index < -0.39 is 11.0 Å². The van der Waals surface area contributed by atoms with E-state index in [9.17, 15) is 20.0 Å². The van der Waals surface area contributed by atoms with E-state index >= 15 is 0 Å². The van der Waals surface area contributed by atoms with E-state index in [1.165, 1.54) is 17.0 Å². The predicted octanol–water partition coefficient (Wildman–Crippen LogP) is 1.15. The van der Waals surface area contributed by atoms with Crippen LogP contribution in [0.2, 0.25) is 0 Å². The van der Waals surface area contributed by atoms with E-state index in [0.29, 0.717) is 18.9 Å². The minimum absolute atomic E-state index is 0.140. The van der Waals surface area contributed by atoms with Crippen LogP contribution >= 0.6 is 0 Å². The lowest BCUT2D eigenvalue weighted by molar-refractivity contribution is -0.384. The number of rotatable bonds is 2. The fourth-order valence-electron chi connectivity index (χ4n) is 2.67. The van der Waals surface area contributed by atoms with Crippen LogP contribution < -0.4 is 10.6 Å². The standard InChI is InChI=1S/C12H17N5O4/c1-7-5-15(6-8(2)16(7)12(18)19)10-4-3-9(17(20)21)11(13)14-10/h3-4,7-8H,5-6H2,1-2H3,(H2,13,14)(H,18,19)/t7-,8-/m0/s1. The van der Waals surface area contributed by atoms with Crippen molar-refractivity contribution >= 4 is 23.4 Å². The quantitative estimate of drug-likeness (QED) is 0.619. The van der Waals surface area contributed by atoms with Crippen molar-refractivity contribution in [2.24, 2.45) is 0 Å². The van der Waals surface area contributed by atoms with Crippen LogP contribution in [0.4, 0.5) is 22.1 Å². The number of nitrogen functional groups attached to an aromatic ring is 1. The van der Waals surface area contributed by atoms with Gasteiger partial charge in [0, 0.05) is 19.2 Å². The maximum atomic E-state index is 11.2. The molecule has 21 heavy (non-hydrogen) atoms. The van der Waals surface area contributed by atoms with Crippen molar-refractivity contribution in [3.63, 3.8) is 0 Å². The number of pyridine rings is 1. The van der Waals surface area contributed by atoms with Crippen LogP contribution in [0.1, 0.15) is 13.8 Å². The first kappa shape index (κ1) is 14.8. The van der Waals surface area contributed by atoms with Gasteiger partial charge in [-0.15, -0.1) is 0 Å². The van der Waals surface area contributed by atoms with Crippen molar-refractivity contribution in [2.75, 3.05) is 23.7 Å². The van der Waals surface area contributed by atoms with Gasteiger partial charge in [-0.25, -0.2) is 9.78 Å². The molecule has 3 N–H and O–H groups in total. The largest absolute Gasteiger partial charge is 0.465 e. The molecule has 0 aliphatic carbocycles. The number of carbonyl (C=O) groups is 1. The molecule has 0 bridgehead atoms. The fraction of sp³-hybridized carbons (Fsp3) is 0.500. The number of anilines is 2. The zero-order valence-electron chi connectivity index (χ0n) is 11.8. The molecule has 9 heteroatoms. The molecule has 1 saturated heterocycles. The van der Waals surface area contributed by atoms with Crippen molar-refractivity contribution < 1.29 is 14.8 Å². The molecule has 1 aliphatic heterocycles. The van der Waals surface area contributed by atoms with Gasteiger partial charge in [-0.3, -0.25) is 15.0 Å². The van der Waals surface area contributed by atoms with Gasteiger partial charge < -0.3 is 15.7 Å². The Morgan fingerprint density at radius 2 is 2.00 bits per heavy atom. The molecule has 0 spiro atoms. The van der Waals surface area contributed by atoms with Gasteiger partial charge in [0.2, 0.25) is 5.82 Å². The van der Waals surface area contributed by atoms with Crippen LogP contribution in [0.15, 0.2) is 12.1 Å². The van der Waals surface area contributed by atoms with Crippen LogP contribution in [-0.2, 0) is 0 Å². The van der Waals surface area contributed by atoms with Crippen molar-refractivity contribution in [1.82, 2.24) is 9.88 Å². The van der Waals surface area contributed by atoms with Gasteiger partial charge in [-0.2, -0.15) is 0 Å². The average molecular weight is 295 g/mol. The Labute approximate surface area is 121 Å². The molecule has 1 amide bonds. The Morgan fingerprint density at radius 3 is 2.43 bits per heavy atom. The number of nitrogens with two attached hydrogens (primary N) is 1. The number of nitrogens with zero attached hydrogens (tertiary/aromatic N) is 4. The third kappa shape index (κ3) is 2.81. The molecular formula is C12H17N5O4. The highest BCUT2D eigenvalue weighted by Gasteiger charge is 2.33. The van der Waals surface area contributed by atoms with Crippen LogP contribution in [0.25, 0.3) is 0 Å². The number of hydrogen-bond donors (Lipinski definition) is 2. The van der Waals surface area contributed by atoms with Crippen molar-refractivity contribution in [3.05, 3.63) is 22.2 Å². The second-order valence-electron chi connectivity index (χ2n) is 5.12. The molecule has 0 unspecified atom stereocenters. The third-order valence-electron chi connectivity index (χ3n) is 3.55. The lowest BCUT2D eigenvalue weighted by atomic mass is 10.1. The maximum Gasteiger partial charge on any atom is 0.407 e. The van der Waals surface area contributed by atoms with Gasteiger partial charge >= 0.3 is 11.8 Å². The summed E-state index contributed by atoms with van der Waals surface area (Å²) >= 11 is 0. The molecule has 1 aromatic rings. The molecule has 2 heterocycles. The molecule has 0 radical (unpaired) electrons. The Morgan fingerprint density at radius 1 is 1.43 bits per heavy atom. The van der Waals surface area contributed by atoms with Gasteiger partial charge in [0.05, 0.1) is 17.0 Å². The fourth-order valence-corrected chi connectivity index (χ4v) is 2.67. The van der Waals surface area contributed by atoms with Gasteiger partial charge in [-0.1, -0.05) is 0 Å². The summed E-state index contributed by atoms with van der Waals surface area (Å²) in [7, 11) is 0. The van der Waals surface area contributed by atoms with E-state index in [-0.39, 0.29) is 23.6 Å². The van der Waals surface area contributed by atoms with Gasteiger partial charge in [0.15, 0.2) is 0 Å². The smallest absolute Gasteiger partial charge is 0.407 e. The summed E-state index contributed by atoms with van der Waals surface area (Å²) in [5.74, 6) is 0.375. The molecule has 1 aromatic heterocycles. The highest BCUT2D eigenvalue weighted by molar-refractivity contribution is 5.67. The summed E-state index contributed by atoms with van der Waals surface area (Å²) in [4.78, 5) is 28.7. The monoisotopic (exact) mass is 295 g/mol. The van der Waals surface area contributed by atoms with Crippen molar-refractivity contribution in [3.8, 4) is 0 Å². The Bertz CT molecular complexity index is 567. The minimum Gasteiger partial charge on any atom is -0.465 e. The van der Waals surface area contributed by atoms with E-state index in [1.54, 1.807) is 0 Å². The first-order chi connectivity index (χ1) is 9.81. The zero-order valence-corrected chi connectivity index (χ0v) is 11.8. The Kier molecular flexibility index (Phi) is 3.83. The number of hydrogen-bond acceptors (Lipinski definition) is 6. The summed E-state index contributed by atoms with van der Waals surface area (Å²) in [5.41, 5.74) is 5.36. The molecule has 9 nitrogen and oxygen atoms in total. The van der Waals surface area contributed by atoms with E-state index in [4.69, 9.17) is 5.73 Å². The molecule has 0 saturated carbocycles. The number of aromatic nitrogens is 1. The maximum absolute atomic E-state index is 11.2. The summed E-state index contributed by atoms with van der Waals surface area (Å²) < 4.78 is 0. The average Bonchev–Trinajstić information content (AvgIpc) is 2.36. The summed E-state index contributed by atoms with van der Waals surface area (Å²) in [6.07, 6.45) is -0.953. The second-order valence-corrected chi connectivity index (χ2v) is 5.12. The highest BCUT2D eigenvalue weighted by atomic mass is 16.6. The van der Waals surface area contributed by atoms with E-state index in [1.807, 2.05) is 18.7 Å². The van der Waals surface area contributed by atoms with Gasteiger partial charge in [0.1, 0.15) is 5.82 Å². The molecular weight excluding hydrogens is 278 g/mol. The third-order valence-corrected chi connectivity index (χ3v) is 3.55. The molecule has 0 aromatic carbocycles. The van der Waals surface area contributed by atoms with Crippen molar-refractivity contribution in [2.45, 2.75) is 25.9 Å². The SMILES string of the molecule is C[C@H]1CN(c2ccc([N+](=O)[O-])c(N)n2)C[C@H](C)N1C(=O)O. The minimum atomic E-state index is -0.953. The number of amides is 1. The number of nitro groups is 1. The molecule has 1 aliphatic rings. The first-order valence-electron chi connectivity index (χ1n) is 6.48. The zero-order chi connectivity index (χ0) is 15.7. The molecule has 114 valence electrons. The summed E-state index contributed by atoms with van der Waals surface area (Å²) in [6.45, 7) is 4.54. The van der Waals surface area contributed by atoms with Crippen LogP contribution in [-0.4, -0.2) is 51.2 Å². The molecule has 1 fully saturated rings. The highest BCUT2D eigenvalue weighted by Crippen LogP contribution is 2.26. The van der Waals surface area contributed by atoms with E-state index in [0.717, 1.165) is 0 Å². The topological polar surface area (TPSA) is 126 Å². The second kappa shape index (κ2) is 5.43.